The molecule has 0 bridgehead atoms. The van der Waals surface area contributed by atoms with Gasteiger partial charge in [-0.3, -0.25) is 0 Å². The Bertz CT molecular complexity index is 361. The molecule has 2 atom stereocenters. The fraction of sp³-hybridized carbons (Fsp3) is 0.538. The van der Waals surface area contributed by atoms with Crippen LogP contribution in [0.5, 0.6) is 5.75 Å². The van der Waals surface area contributed by atoms with E-state index in [4.69, 9.17) is 4.74 Å². The van der Waals surface area contributed by atoms with Gasteiger partial charge in [-0.2, -0.15) is 0 Å². The highest BCUT2D eigenvalue weighted by Crippen LogP contribution is 2.42. The summed E-state index contributed by atoms with van der Waals surface area (Å²) in [7, 11) is 1.78. The van der Waals surface area contributed by atoms with E-state index in [2.05, 4.69) is 23.5 Å². The Hall–Kier alpha value is -1.02. The number of ether oxygens (including phenoxy) is 1. The zero-order valence-electron chi connectivity index (χ0n) is 9.12. The van der Waals surface area contributed by atoms with Gasteiger partial charge in [-0.15, -0.1) is 0 Å². The van der Waals surface area contributed by atoms with Gasteiger partial charge < -0.3 is 10.1 Å². The molecule has 2 heteroatoms. The molecule has 1 aromatic carbocycles. The predicted molar refractivity (Wildman–Crippen MR) is 60.4 cm³/mol. The van der Waals surface area contributed by atoms with E-state index in [1.165, 1.54) is 30.5 Å². The minimum atomic E-state index is 0.685. The van der Waals surface area contributed by atoms with Crippen molar-refractivity contribution in [3.8, 4) is 5.75 Å². The Morgan fingerprint density at radius 3 is 3.13 bits per heavy atom. The summed E-state index contributed by atoms with van der Waals surface area (Å²) < 4.78 is 5.49. The SMILES string of the molecule is COc1cccc2c1[C@H]1CNC[C@H]1CC2. The van der Waals surface area contributed by atoms with Crippen LogP contribution in [0, 0.1) is 5.92 Å². The molecule has 0 saturated carbocycles. The van der Waals surface area contributed by atoms with Crippen LogP contribution in [-0.4, -0.2) is 20.2 Å². The van der Waals surface area contributed by atoms with Crippen molar-refractivity contribution >= 4 is 0 Å². The second kappa shape index (κ2) is 3.53. The molecule has 0 aromatic heterocycles. The first kappa shape index (κ1) is 9.22. The van der Waals surface area contributed by atoms with Crippen molar-refractivity contribution in [1.29, 1.82) is 0 Å². The van der Waals surface area contributed by atoms with E-state index in [9.17, 15) is 0 Å². The maximum absolute atomic E-state index is 5.49. The quantitative estimate of drug-likeness (QED) is 0.753. The van der Waals surface area contributed by atoms with Crippen molar-refractivity contribution in [2.75, 3.05) is 20.2 Å². The molecule has 2 aliphatic rings. The molecule has 0 amide bonds. The van der Waals surface area contributed by atoms with Crippen LogP contribution >= 0.6 is 0 Å². The molecule has 1 N–H and O–H groups in total. The topological polar surface area (TPSA) is 21.3 Å². The minimum absolute atomic E-state index is 0.685. The lowest BCUT2D eigenvalue weighted by Crippen LogP contribution is -2.19. The third-order valence-corrected chi connectivity index (χ3v) is 3.87. The van der Waals surface area contributed by atoms with Crippen LogP contribution in [0.2, 0.25) is 0 Å². The van der Waals surface area contributed by atoms with E-state index < -0.39 is 0 Å². The number of nitrogens with one attached hydrogen (secondary N) is 1. The zero-order valence-corrected chi connectivity index (χ0v) is 9.12. The molecule has 2 nitrogen and oxygen atoms in total. The van der Waals surface area contributed by atoms with E-state index >= 15 is 0 Å². The van der Waals surface area contributed by atoms with Gasteiger partial charge in [-0.1, -0.05) is 12.1 Å². The molecule has 1 aliphatic carbocycles. The van der Waals surface area contributed by atoms with Gasteiger partial charge in [0.15, 0.2) is 0 Å². The Kier molecular flexibility index (Phi) is 2.17. The number of aryl methyl sites for hydroxylation is 1. The predicted octanol–water partition coefficient (Wildman–Crippen LogP) is 1.94. The van der Waals surface area contributed by atoms with E-state index in [0.717, 1.165) is 18.2 Å². The third kappa shape index (κ3) is 1.36. The van der Waals surface area contributed by atoms with Crippen molar-refractivity contribution < 1.29 is 4.74 Å². The van der Waals surface area contributed by atoms with Gasteiger partial charge in [0.05, 0.1) is 7.11 Å². The maximum atomic E-state index is 5.49. The van der Waals surface area contributed by atoms with Crippen LogP contribution < -0.4 is 10.1 Å². The molecule has 1 aliphatic heterocycles. The van der Waals surface area contributed by atoms with E-state index in [1.54, 1.807) is 7.11 Å². The first-order valence-corrected chi connectivity index (χ1v) is 5.76. The second-order valence-corrected chi connectivity index (χ2v) is 4.60. The molecule has 1 aromatic rings. The Labute approximate surface area is 90.6 Å². The molecule has 3 rings (SSSR count). The summed E-state index contributed by atoms with van der Waals surface area (Å²) >= 11 is 0. The lowest BCUT2D eigenvalue weighted by atomic mass is 9.76. The molecule has 1 saturated heterocycles. The average molecular weight is 203 g/mol. The summed E-state index contributed by atoms with van der Waals surface area (Å²) in [5.41, 5.74) is 2.97. The van der Waals surface area contributed by atoms with Gasteiger partial charge in [0, 0.05) is 18.0 Å². The van der Waals surface area contributed by atoms with Gasteiger partial charge >= 0.3 is 0 Å². The highest BCUT2D eigenvalue weighted by molar-refractivity contribution is 5.45. The summed E-state index contributed by atoms with van der Waals surface area (Å²) in [5.74, 6) is 2.60. The highest BCUT2D eigenvalue weighted by atomic mass is 16.5. The Balaban J connectivity index is 2.10. The molecule has 80 valence electrons. The fourth-order valence-electron chi connectivity index (χ4n) is 3.12. The van der Waals surface area contributed by atoms with Crippen LogP contribution in [0.3, 0.4) is 0 Å². The lowest BCUT2D eigenvalue weighted by Gasteiger charge is -2.28. The van der Waals surface area contributed by atoms with Crippen LogP contribution in [0.25, 0.3) is 0 Å². The van der Waals surface area contributed by atoms with Crippen molar-refractivity contribution in [3.05, 3.63) is 29.3 Å². The smallest absolute Gasteiger partial charge is 0.122 e. The van der Waals surface area contributed by atoms with Crippen molar-refractivity contribution in [2.45, 2.75) is 18.8 Å². The van der Waals surface area contributed by atoms with Gasteiger partial charge in [0.25, 0.3) is 0 Å². The third-order valence-electron chi connectivity index (χ3n) is 3.87. The summed E-state index contributed by atoms with van der Waals surface area (Å²) in [6.45, 7) is 2.31. The van der Waals surface area contributed by atoms with E-state index in [1.807, 2.05) is 0 Å². The van der Waals surface area contributed by atoms with Gasteiger partial charge in [0.1, 0.15) is 5.75 Å². The van der Waals surface area contributed by atoms with Gasteiger partial charge in [-0.25, -0.2) is 0 Å². The summed E-state index contributed by atoms with van der Waals surface area (Å²) in [6, 6.07) is 6.46. The number of hydrogen-bond donors (Lipinski definition) is 1. The van der Waals surface area contributed by atoms with Gasteiger partial charge in [0.2, 0.25) is 0 Å². The van der Waals surface area contributed by atoms with Crippen molar-refractivity contribution in [2.24, 2.45) is 5.92 Å². The normalized spacial score (nSPS) is 28.3. The summed E-state index contributed by atoms with van der Waals surface area (Å²) in [4.78, 5) is 0. The molecule has 1 fully saturated rings. The van der Waals surface area contributed by atoms with Crippen LogP contribution in [0.4, 0.5) is 0 Å². The first-order valence-electron chi connectivity index (χ1n) is 5.76. The van der Waals surface area contributed by atoms with E-state index in [0.29, 0.717) is 5.92 Å². The van der Waals surface area contributed by atoms with Crippen LogP contribution in [0.1, 0.15) is 23.5 Å². The van der Waals surface area contributed by atoms with E-state index in [-0.39, 0.29) is 0 Å². The molecular weight excluding hydrogens is 186 g/mol. The molecule has 15 heavy (non-hydrogen) atoms. The Morgan fingerprint density at radius 1 is 1.33 bits per heavy atom. The Morgan fingerprint density at radius 2 is 2.27 bits per heavy atom. The lowest BCUT2D eigenvalue weighted by molar-refractivity contribution is 0.384. The van der Waals surface area contributed by atoms with Crippen molar-refractivity contribution in [3.63, 3.8) is 0 Å². The molecule has 0 unspecified atom stereocenters. The number of benzene rings is 1. The summed E-state index contributed by atoms with van der Waals surface area (Å²) in [6.07, 6.45) is 2.55. The molecular formula is C13H17NO. The van der Waals surface area contributed by atoms with Crippen LogP contribution in [0.15, 0.2) is 18.2 Å². The second-order valence-electron chi connectivity index (χ2n) is 4.60. The van der Waals surface area contributed by atoms with Crippen molar-refractivity contribution in [1.82, 2.24) is 5.32 Å². The maximum Gasteiger partial charge on any atom is 0.122 e. The fourth-order valence-corrected chi connectivity index (χ4v) is 3.12. The molecule has 1 heterocycles. The van der Waals surface area contributed by atoms with Crippen LogP contribution in [-0.2, 0) is 6.42 Å². The molecule has 0 spiro atoms. The average Bonchev–Trinajstić information content (AvgIpc) is 2.76. The monoisotopic (exact) mass is 203 g/mol. The number of rotatable bonds is 1. The standard InChI is InChI=1S/C13H17NO/c1-15-12-4-2-3-9-5-6-10-7-14-8-11(10)13(9)12/h2-4,10-11,14H,5-8H2,1H3/t10-,11+/m1/s1. The molecule has 0 radical (unpaired) electrons. The summed E-state index contributed by atoms with van der Waals surface area (Å²) in [5, 5.41) is 3.50. The highest BCUT2D eigenvalue weighted by Gasteiger charge is 2.34. The first-order chi connectivity index (χ1) is 7.40. The largest absolute Gasteiger partial charge is 0.496 e. The number of methoxy groups -OCH3 is 1. The minimum Gasteiger partial charge on any atom is -0.496 e. The zero-order chi connectivity index (χ0) is 10.3. The number of fused-ring (bicyclic) bond motifs is 3. The number of hydrogen-bond acceptors (Lipinski definition) is 2. The van der Waals surface area contributed by atoms with Gasteiger partial charge in [-0.05, 0) is 36.9 Å².